The van der Waals surface area contributed by atoms with Crippen LogP contribution in [0, 0.1) is 0 Å². The van der Waals surface area contributed by atoms with Crippen LogP contribution in [0.2, 0.25) is 0 Å². The van der Waals surface area contributed by atoms with E-state index in [2.05, 4.69) is 41.0 Å². The fourth-order valence-corrected chi connectivity index (χ4v) is 3.56. The molecule has 3 rings (SSSR count). The minimum atomic E-state index is 0.639. The molecule has 1 aromatic rings. The number of benzene rings is 1. The van der Waals surface area contributed by atoms with Crippen molar-refractivity contribution in [2.45, 2.75) is 44.9 Å². The summed E-state index contributed by atoms with van der Waals surface area (Å²) in [5, 5.41) is 0. The summed E-state index contributed by atoms with van der Waals surface area (Å²) >= 11 is 0. The predicted octanol–water partition coefficient (Wildman–Crippen LogP) is 1.81. The smallest absolute Gasteiger partial charge is 0.0237 e. The van der Waals surface area contributed by atoms with Crippen LogP contribution in [0.5, 0.6) is 0 Å². The molecule has 2 fully saturated rings. The van der Waals surface area contributed by atoms with Gasteiger partial charge in [0.1, 0.15) is 0 Å². The lowest BCUT2D eigenvalue weighted by Gasteiger charge is -2.42. The Morgan fingerprint density at radius 2 is 2.11 bits per heavy atom. The third kappa shape index (κ3) is 2.83. The van der Waals surface area contributed by atoms with Crippen LogP contribution in [0.4, 0.5) is 0 Å². The fraction of sp³-hybridized carbons (Fsp3) is 0.625. The van der Waals surface area contributed by atoms with E-state index in [1.165, 1.54) is 43.6 Å². The maximum atomic E-state index is 5.73. The predicted molar refractivity (Wildman–Crippen MR) is 78.8 cm³/mol. The average Bonchev–Trinajstić information content (AvgIpc) is 2.86. The Labute approximate surface area is 116 Å². The zero-order chi connectivity index (χ0) is 13.2. The number of piperazine rings is 1. The molecule has 2 saturated heterocycles. The van der Waals surface area contributed by atoms with Crippen LogP contribution in [-0.4, -0.2) is 41.5 Å². The van der Waals surface area contributed by atoms with Crippen molar-refractivity contribution < 1.29 is 0 Å². The Hall–Kier alpha value is -0.900. The molecule has 0 radical (unpaired) electrons. The van der Waals surface area contributed by atoms with E-state index >= 15 is 0 Å². The van der Waals surface area contributed by atoms with Gasteiger partial charge in [-0.1, -0.05) is 24.3 Å². The average molecular weight is 259 g/mol. The first-order valence-corrected chi connectivity index (χ1v) is 7.52. The third-order valence-corrected chi connectivity index (χ3v) is 4.68. The molecule has 104 valence electrons. The first-order valence-electron chi connectivity index (χ1n) is 7.52. The standard InChI is InChI=1S/C16H25N3/c1-13-10-18-7-3-6-16(18)12-19(13)11-15-5-2-4-14(8-15)9-17/h2,4-5,8,13,16H,3,6-7,9-12,17H2,1H3. The molecular weight excluding hydrogens is 234 g/mol. The minimum Gasteiger partial charge on any atom is -0.326 e. The highest BCUT2D eigenvalue weighted by Gasteiger charge is 2.34. The van der Waals surface area contributed by atoms with E-state index in [9.17, 15) is 0 Å². The van der Waals surface area contributed by atoms with Crippen LogP contribution in [0.1, 0.15) is 30.9 Å². The van der Waals surface area contributed by atoms with Gasteiger partial charge in [-0.2, -0.15) is 0 Å². The molecule has 0 aliphatic carbocycles. The normalized spacial score (nSPS) is 28.5. The van der Waals surface area contributed by atoms with Gasteiger partial charge in [-0.25, -0.2) is 0 Å². The van der Waals surface area contributed by atoms with Crippen molar-refractivity contribution in [1.82, 2.24) is 9.80 Å². The molecule has 19 heavy (non-hydrogen) atoms. The molecule has 0 amide bonds. The summed E-state index contributed by atoms with van der Waals surface area (Å²) in [5.41, 5.74) is 8.37. The van der Waals surface area contributed by atoms with E-state index in [-0.39, 0.29) is 0 Å². The summed E-state index contributed by atoms with van der Waals surface area (Å²) in [5.74, 6) is 0. The molecule has 0 spiro atoms. The number of nitrogens with zero attached hydrogens (tertiary/aromatic N) is 2. The second-order valence-corrected chi connectivity index (χ2v) is 6.09. The molecule has 3 nitrogen and oxygen atoms in total. The Kier molecular flexibility index (Phi) is 3.87. The first-order chi connectivity index (χ1) is 9.26. The number of hydrogen-bond donors (Lipinski definition) is 1. The van der Waals surface area contributed by atoms with Crippen LogP contribution < -0.4 is 5.73 Å². The highest BCUT2D eigenvalue weighted by atomic mass is 15.3. The van der Waals surface area contributed by atoms with Gasteiger partial charge in [0.15, 0.2) is 0 Å². The van der Waals surface area contributed by atoms with Gasteiger partial charge in [-0.05, 0) is 37.4 Å². The largest absolute Gasteiger partial charge is 0.326 e. The Balaban J connectivity index is 1.68. The molecule has 2 atom stereocenters. The monoisotopic (exact) mass is 259 g/mol. The van der Waals surface area contributed by atoms with Crippen molar-refractivity contribution in [2.24, 2.45) is 5.73 Å². The summed E-state index contributed by atoms with van der Waals surface area (Å²) in [6.45, 7) is 7.85. The summed E-state index contributed by atoms with van der Waals surface area (Å²) in [4.78, 5) is 5.32. The van der Waals surface area contributed by atoms with Crippen molar-refractivity contribution in [3.05, 3.63) is 35.4 Å². The third-order valence-electron chi connectivity index (χ3n) is 4.68. The molecule has 2 N–H and O–H groups in total. The maximum Gasteiger partial charge on any atom is 0.0237 e. The first kappa shape index (κ1) is 13.1. The molecule has 2 unspecified atom stereocenters. The molecule has 0 saturated carbocycles. The van der Waals surface area contributed by atoms with Crippen LogP contribution in [0.3, 0.4) is 0 Å². The highest BCUT2D eigenvalue weighted by molar-refractivity contribution is 5.23. The zero-order valence-corrected chi connectivity index (χ0v) is 11.9. The van der Waals surface area contributed by atoms with E-state index in [0.717, 1.165) is 12.6 Å². The number of hydrogen-bond acceptors (Lipinski definition) is 3. The quantitative estimate of drug-likeness (QED) is 0.898. The Morgan fingerprint density at radius 1 is 1.26 bits per heavy atom. The van der Waals surface area contributed by atoms with Gasteiger partial charge >= 0.3 is 0 Å². The molecule has 1 aromatic carbocycles. The number of rotatable bonds is 3. The van der Waals surface area contributed by atoms with Crippen molar-refractivity contribution >= 4 is 0 Å². The van der Waals surface area contributed by atoms with Crippen LogP contribution in [-0.2, 0) is 13.1 Å². The Bertz CT molecular complexity index is 432. The van der Waals surface area contributed by atoms with Crippen LogP contribution in [0.15, 0.2) is 24.3 Å². The molecule has 3 heteroatoms. The van der Waals surface area contributed by atoms with Crippen molar-refractivity contribution in [3.8, 4) is 0 Å². The van der Waals surface area contributed by atoms with Crippen LogP contribution >= 0.6 is 0 Å². The van der Waals surface area contributed by atoms with E-state index in [4.69, 9.17) is 5.73 Å². The van der Waals surface area contributed by atoms with Crippen molar-refractivity contribution in [2.75, 3.05) is 19.6 Å². The van der Waals surface area contributed by atoms with Crippen molar-refractivity contribution in [1.29, 1.82) is 0 Å². The second kappa shape index (κ2) is 5.61. The zero-order valence-electron chi connectivity index (χ0n) is 11.9. The van der Waals surface area contributed by atoms with Crippen LogP contribution in [0.25, 0.3) is 0 Å². The lowest BCUT2D eigenvalue weighted by Crippen LogP contribution is -2.54. The molecule has 0 bridgehead atoms. The Morgan fingerprint density at radius 3 is 2.95 bits per heavy atom. The van der Waals surface area contributed by atoms with Crippen molar-refractivity contribution in [3.63, 3.8) is 0 Å². The van der Waals surface area contributed by atoms with Gasteiger partial charge < -0.3 is 5.73 Å². The summed E-state index contributed by atoms with van der Waals surface area (Å²) in [6.07, 6.45) is 2.76. The van der Waals surface area contributed by atoms with Gasteiger partial charge in [-0.3, -0.25) is 9.80 Å². The molecular formula is C16H25N3. The van der Waals surface area contributed by atoms with E-state index in [1.54, 1.807) is 0 Å². The van der Waals surface area contributed by atoms with Gasteiger partial charge in [0.25, 0.3) is 0 Å². The summed E-state index contributed by atoms with van der Waals surface area (Å²) < 4.78 is 0. The number of fused-ring (bicyclic) bond motifs is 1. The summed E-state index contributed by atoms with van der Waals surface area (Å²) in [7, 11) is 0. The molecule has 2 aliphatic heterocycles. The van der Waals surface area contributed by atoms with Gasteiger partial charge in [0.2, 0.25) is 0 Å². The maximum absolute atomic E-state index is 5.73. The van der Waals surface area contributed by atoms with Gasteiger partial charge in [0.05, 0.1) is 0 Å². The van der Waals surface area contributed by atoms with Gasteiger partial charge in [-0.15, -0.1) is 0 Å². The lowest BCUT2D eigenvalue weighted by atomic mass is 10.1. The minimum absolute atomic E-state index is 0.639. The number of nitrogens with two attached hydrogens (primary N) is 1. The fourth-order valence-electron chi connectivity index (χ4n) is 3.56. The van der Waals surface area contributed by atoms with E-state index < -0.39 is 0 Å². The molecule has 2 heterocycles. The second-order valence-electron chi connectivity index (χ2n) is 6.09. The topological polar surface area (TPSA) is 32.5 Å². The molecule has 0 aromatic heterocycles. The molecule has 2 aliphatic rings. The van der Waals surface area contributed by atoms with Gasteiger partial charge in [0, 0.05) is 38.3 Å². The van der Waals surface area contributed by atoms with E-state index in [0.29, 0.717) is 12.6 Å². The highest BCUT2D eigenvalue weighted by Crippen LogP contribution is 2.25. The SMILES string of the molecule is CC1CN2CCCC2CN1Cc1cccc(CN)c1. The lowest BCUT2D eigenvalue weighted by molar-refractivity contribution is 0.0540. The van der Waals surface area contributed by atoms with E-state index in [1.807, 2.05) is 0 Å². The summed E-state index contributed by atoms with van der Waals surface area (Å²) in [6, 6.07) is 10.2.